The van der Waals surface area contributed by atoms with E-state index in [1.165, 1.54) is 31.4 Å². The van der Waals surface area contributed by atoms with E-state index in [2.05, 4.69) is 11.6 Å². The molecule has 0 saturated carbocycles. The van der Waals surface area contributed by atoms with E-state index in [1.54, 1.807) is 0 Å². The SMILES string of the molecule is CCOC(=O)CCNCCCCCCSC. The lowest BCUT2D eigenvalue weighted by Gasteiger charge is -2.04. The first-order valence-electron chi connectivity index (χ1n) is 6.16. The van der Waals surface area contributed by atoms with Crippen LogP contribution in [0.5, 0.6) is 0 Å². The molecule has 0 bridgehead atoms. The Hall–Kier alpha value is -0.220. The highest BCUT2D eigenvalue weighted by atomic mass is 32.2. The second-order valence-electron chi connectivity index (χ2n) is 3.71. The third-order valence-corrected chi connectivity index (χ3v) is 2.96. The van der Waals surface area contributed by atoms with Crippen LogP contribution in [0.15, 0.2) is 0 Å². The normalized spacial score (nSPS) is 10.4. The lowest BCUT2D eigenvalue weighted by molar-refractivity contribution is -0.142. The highest BCUT2D eigenvalue weighted by Crippen LogP contribution is 2.03. The van der Waals surface area contributed by atoms with E-state index >= 15 is 0 Å². The average molecular weight is 247 g/mol. The summed E-state index contributed by atoms with van der Waals surface area (Å²) in [6.45, 7) is 4.07. The van der Waals surface area contributed by atoms with Crippen LogP contribution < -0.4 is 5.32 Å². The van der Waals surface area contributed by atoms with Gasteiger partial charge < -0.3 is 10.1 Å². The zero-order chi connectivity index (χ0) is 12.1. The number of hydrogen-bond donors (Lipinski definition) is 1. The topological polar surface area (TPSA) is 38.3 Å². The maximum atomic E-state index is 11.0. The minimum absolute atomic E-state index is 0.102. The molecule has 0 saturated heterocycles. The van der Waals surface area contributed by atoms with Crippen molar-refractivity contribution in [2.45, 2.75) is 39.0 Å². The maximum absolute atomic E-state index is 11.0. The Morgan fingerprint density at radius 2 is 1.94 bits per heavy atom. The number of rotatable bonds is 11. The fraction of sp³-hybridized carbons (Fsp3) is 0.917. The molecule has 16 heavy (non-hydrogen) atoms. The summed E-state index contributed by atoms with van der Waals surface area (Å²) in [6, 6.07) is 0. The van der Waals surface area contributed by atoms with E-state index in [-0.39, 0.29) is 5.97 Å². The van der Waals surface area contributed by atoms with Crippen molar-refractivity contribution >= 4 is 17.7 Å². The van der Waals surface area contributed by atoms with Crippen molar-refractivity contribution in [3.63, 3.8) is 0 Å². The van der Waals surface area contributed by atoms with Gasteiger partial charge in [-0.2, -0.15) is 11.8 Å². The second kappa shape index (κ2) is 12.8. The monoisotopic (exact) mass is 247 g/mol. The number of carbonyl (C=O) groups is 1. The van der Waals surface area contributed by atoms with Gasteiger partial charge in [-0.15, -0.1) is 0 Å². The Bertz CT molecular complexity index is 165. The number of esters is 1. The van der Waals surface area contributed by atoms with Crippen molar-refractivity contribution in [3.8, 4) is 0 Å². The molecule has 0 radical (unpaired) electrons. The molecular weight excluding hydrogens is 222 g/mol. The van der Waals surface area contributed by atoms with Crippen molar-refractivity contribution in [2.75, 3.05) is 31.7 Å². The van der Waals surface area contributed by atoms with Gasteiger partial charge in [0.15, 0.2) is 0 Å². The van der Waals surface area contributed by atoms with Crippen LogP contribution in [0.3, 0.4) is 0 Å². The highest BCUT2D eigenvalue weighted by Gasteiger charge is 1.99. The first kappa shape index (κ1) is 15.8. The first-order chi connectivity index (χ1) is 7.81. The lowest BCUT2D eigenvalue weighted by Crippen LogP contribution is -2.20. The predicted molar refractivity (Wildman–Crippen MR) is 71.0 cm³/mol. The van der Waals surface area contributed by atoms with E-state index < -0.39 is 0 Å². The van der Waals surface area contributed by atoms with Crippen LogP contribution in [0.1, 0.15) is 39.0 Å². The largest absolute Gasteiger partial charge is 0.466 e. The van der Waals surface area contributed by atoms with Crippen LogP contribution in [-0.4, -0.2) is 37.7 Å². The van der Waals surface area contributed by atoms with Crippen molar-refractivity contribution < 1.29 is 9.53 Å². The summed E-state index contributed by atoms with van der Waals surface area (Å²) in [6.07, 6.45) is 7.77. The van der Waals surface area contributed by atoms with E-state index in [1.807, 2.05) is 18.7 Å². The lowest BCUT2D eigenvalue weighted by atomic mass is 10.2. The molecule has 0 unspecified atom stereocenters. The zero-order valence-corrected chi connectivity index (χ0v) is 11.4. The molecule has 96 valence electrons. The molecule has 0 atom stereocenters. The minimum Gasteiger partial charge on any atom is -0.466 e. The van der Waals surface area contributed by atoms with E-state index in [0.717, 1.165) is 13.1 Å². The standard InChI is InChI=1S/C12H25NO2S/c1-3-15-12(14)8-10-13-9-6-4-5-7-11-16-2/h13H,3-11H2,1-2H3. The Kier molecular flexibility index (Phi) is 12.7. The Balaban J connectivity index is 3.01. The minimum atomic E-state index is -0.102. The van der Waals surface area contributed by atoms with E-state index in [0.29, 0.717) is 13.0 Å². The fourth-order valence-corrected chi connectivity index (χ4v) is 1.89. The van der Waals surface area contributed by atoms with Gasteiger partial charge in [-0.25, -0.2) is 0 Å². The van der Waals surface area contributed by atoms with Crippen LogP contribution in [0, 0.1) is 0 Å². The molecule has 0 heterocycles. The van der Waals surface area contributed by atoms with Gasteiger partial charge in [-0.05, 0) is 38.3 Å². The van der Waals surface area contributed by atoms with Crippen molar-refractivity contribution in [3.05, 3.63) is 0 Å². The van der Waals surface area contributed by atoms with Crippen LogP contribution >= 0.6 is 11.8 Å². The van der Waals surface area contributed by atoms with Crippen LogP contribution in [-0.2, 0) is 9.53 Å². The molecule has 0 spiro atoms. The smallest absolute Gasteiger partial charge is 0.307 e. The van der Waals surface area contributed by atoms with Gasteiger partial charge in [0.2, 0.25) is 0 Å². The van der Waals surface area contributed by atoms with Gasteiger partial charge in [0.05, 0.1) is 13.0 Å². The number of unbranched alkanes of at least 4 members (excludes halogenated alkanes) is 3. The summed E-state index contributed by atoms with van der Waals surface area (Å²) >= 11 is 1.91. The Morgan fingerprint density at radius 3 is 2.62 bits per heavy atom. The van der Waals surface area contributed by atoms with Gasteiger partial charge in [0.25, 0.3) is 0 Å². The third kappa shape index (κ3) is 11.9. The number of nitrogens with one attached hydrogen (secondary N) is 1. The molecule has 0 aromatic rings. The number of ether oxygens (including phenoxy) is 1. The Labute approximate surface area is 104 Å². The van der Waals surface area contributed by atoms with Crippen molar-refractivity contribution in [2.24, 2.45) is 0 Å². The first-order valence-corrected chi connectivity index (χ1v) is 7.56. The van der Waals surface area contributed by atoms with Gasteiger partial charge in [0, 0.05) is 6.54 Å². The van der Waals surface area contributed by atoms with E-state index in [4.69, 9.17) is 4.74 Å². The van der Waals surface area contributed by atoms with E-state index in [9.17, 15) is 4.79 Å². The predicted octanol–water partition coefficient (Wildman–Crippen LogP) is 2.45. The molecule has 0 rings (SSSR count). The summed E-state index contributed by atoms with van der Waals surface area (Å²) in [5.41, 5.74) is 0. The molecule has 0 aliphatic carbocycles. The molecule has 0 fully saturated rings. The maximum Gasteiger partial charge on any atom is 0.307 e. The molecule has 0 aliphatic heterocycles. The number of hydrogen-bond acceptors (Lipinski definition) is 4. The van der Waals surface area contributed by atoms with Crippen LogP contribution in [0.4, 0.5) is 0 Å². The van der Waals surface area contributed by atoms with Gasteiger partial charge in [-0.1, -0.05) is 12.8 Å². The molecule has 0 aromatic heterocycles. The third-order valence-electron chi connectivity index (χ3n) is 2.26. The average Bonchev–Trinajstić information content (AvgIpc) is 2.27. The molecule has 0 aromatic carbocycles. The zero-order valence-electron chi connectivity index (χ0n) is 10.6. The summed E-state index contributed by atoms with van der Waals surface area (Å²) in [7, 11) is 0. The summed E-state index contributed by atoms with van der Waals surface area (Å²) in [5.74, 6) is 1.17. The van der Waals surface area contributed by atoms with Gasteiger partial charge in [-0.3, -0.25) is 4.79 Å². The van der Waals surface area contributed by atoms with Crippen molar-refractivity contribution in [1.29, 1.82) is 0 Å². The number of thioether (sulfide) groups is 1. The summed E-state index contributed by atoms with van der Waals surface area (Å²) in [4.78, 5) is 11.0. The molecular formula is C12H25NO2S. The Morgan fingerprint density at radius 1 is 1.19 bits per heavy atom. The summed E-state index contributed by atoms with van der Waals surface area (Å²) in [5, 5.41) is 3.26. The molecule has 3 nitrogen and oxygen atoms in total. The van der Waals surface area contributed by atoms with Crippen molar-refractivity contribution in [1.82, 2.24) is 5.32 Å². The van der Waals surface area contributed by atoms with Gasteiger partial charge in [0.1, 0.15) is 0 Å². The highest BCUT2D eigenvalue weighted by molar-refractivity contribution is 7.98. The molecule has 0 amide bonds. The fourth-order valence-electron chi connectivity index (χ4n) is 1.40. The number of carbonyl (C=O) groups excluding carboxylic acids is 1. The molecule has 4 heteroatoms. The van der Waals surface area contributed by atoms with Gasteiger partial charge >= 0.3 is 5.97 Å². The molecule has 0 aliphatic rings. The summed E-state index contributed by atoms with van der Waals surface area (Å²) < 4.78 is 4.83. The quantitative estimate of drug-likeness (QED) is 0.449. The second-order valence-corrected chi connectivity index (χ2v) is 4.70. The van der Waals surface area contributed by atoms with Crippen LogP contribution in [0.25, 0.3) is 0 Å². The molecule has 1 N–H and O–H groups in total. The van der Waals surface area contributed by atoms with Crippen LogP contribution in [0.2, 0.25) is 0 Å².